The van der Waals surface area contributed by atoms with Gasteiger partial charge in [-0.1, -0.05) is 49.7 Å². The van der Waals surface area contributed by atoms with E-state index in [-0.39, 0.29) is 18.4 Å². The number of rotatable bonds is 7. The van der Waals surface area contributed by atoms with Crippen molar-refractivity contribution < 1.29 is 9.59 Å². The Balaban J connectivity index is 1.86. The number of benzene rings is 2. The highest BCUT2D eigenvalue weighted by atomic mass is 35.5. The minimum Gasteiger partial charge on any atom is -0.354 e. The summed E-state index contributed by atoms with van der Waals surface area (Å²) in [6, 6.07) is 14.1. The lowest BCUT2D eigenvalue weighted by atomic mass is 10.2. The highest BCUT2D eigenvalue weighted by Crippen LogP contribution is 2.22. The van der Waals surface area contributed by atoms with E-state index in [1.54, 1.807) is 24.3 Å². The van der Waals surface area contributed by atoms with Gasteiger partial charge in [0.15, 0.2) is 0 Å². The average Bonchev–Trinajstić information content (AvgIpc) is 3.05. The van der Waals surface area contributed by atoms with Crippen molar-refractivity contribution >= 4 is 34.4 Å². The lowest BCUT2D eigenvalue weighted by molar-refractivity contribution is -0.121. The zero-order valence-corrected chi connectivity index (χ0v) is 17.5. The van der Waals surface area contributed by atoms with Crippen molar-refractivity contribution in [1.82, 2.24) is 20.2 Å². The van der Waals surface area contributed by atoms with E-state index in [1.165, 1.54) is 0 Å². The maximum Gasteiger partial charge on any atom is 0.253 e. The lowest BCUT2D eigenvalue weighted by Crippen LogP contribution is -2.33. The van der Waals surface area contributed by atoms with Crippen LogP contribution in [0, 0.1) is 5.92 Å². The molecule has 2 N–H and O–H groups in total. The van der Waals surface area contributed by atoms with Gasteiger partial charge in [-0.15, -0.1) is 0 Å². The number of carbonyl (C=O) groups is 2. The van der Waals surface area contributed by atoms with Crippen molar-refractivity contribution in [3.05, 3.63) is 64.9 Å². The van der Waals surface area contributed by atoms with Gasteiger partial charge in [0.05, 0.1) is 27.7 Å². The number of hydrogen-bond acceptors (Lipinski definition) is 3. The molecule has 0 aliphatic rings. The van der Waals surface area contributed by atoms with E-state index < -0.39 is 6.04 Å². The number of para-hydroxylation sites is 2. The first-order valence-corrected chi connectivity index (χ1v) is 10.0. The second-order valence-electron chi connectivity index (χ2n) is 7.42. The largest absolute Gasteiger partial charge is 0.354 e. The molecule has 0 spiro atoms. The van der Waals surface area contributed by atoms with Gasteiger partial charge < -0.3 is 15.2 Å². The van der Waals surface area contributed by atoms with E-state index in [9.17, 15) is 9.59 Å². The molecule has 152 valence electrons. The van der Waals surface area contributed by atoms with E-state index in [4.69, 9.17) is 11.6 Å². The fourth-order valence-corrected chi connectivity index (χ4v) is 3.31. The molecular formula is C22H25ClN4O2. The number of nitrogens with one attached hydrogen (secondary N) is 2. The molecular weight excluding hydrogens is 388 g/mol. The molecule has 0 fully saturated rings. The third kappa shape index (κ3) is 4.95. The topological polar surface area (TPSA) is 76.0 Å². The Kier molecular flexibility index (Phi) is 6.54. The van der Waals surface area contributed by atoms with Crippen molar-refractivity contribution in [2.24, 2.45) is 5.92 Å². The molecule has 0 aliphatic heterocycles. The minimum absolute atomic E-state index is 0.0901. The van der Waals surface area contributed by atoms with Crippen molar-refractivity contribution in [2.75, 3.05) is 6.54 Å². The van der Waals surface area contributed by atoms with Gasteiger partial charge in [-0.25, -0.2) is 4.98 Å². The maximum absolute atomic E-state index is 12.7. The first kappa shape index (κ1) is 20.9. The van der Waals surface area contributed by atoms with Crippen LogP contribution in [0.25, 0.3) is 11.0 Å². The van der Waals surface area contributed by atoms with Crippen molar-refractivity contribution in [3.63, 3.8) is 0 Å². The Morgan fingerprint density at radius 2 is 1.76 bits per heavy atom. The summed E-state index contributed by atoms with van der Waals surface area (Å²) in [4.78, 5) is 29.8. The van der Waals surface area contributed by atoms with Gasteiger partial charge in [-0.2, -0.15) is 0 Å². The van der Waals surface area contributed by atoms with Gasteiger partial charge in [0.25, 0.3) is 5.91 Å². The molecule has 1 atom stereocenters. The fraction of sp³-hybridized carbons (Fsp3) is 0.318. The molecule has 0 aliphatic carbocycles. The number of nitrogens with zero attached hydrogens (tertiary/aromatic N) is 2. The van der Waals surface area contributed by atoms with Gasteiger partial charge in [0.2, 0.25) is 5.91 Å². The van der Waals surface area contributed by atoms with Crippen LogP contribution in [-0.2, 0) is 11.3 Å². The second kappa shape index (κ2) is 9.09. The lowest BCUT2D eigenvalue weighted by Gasteiger charge is -2.17. The van der Waals surface area contributed by atoms with Crippen LogP contribution >= 0.6 is 11.6 Å². The first-order valence-electron chi connectivity index (χ1n) is 9.64. The molecule has 2 amide bonds. The van der Waals surface area contributed by atoms with Crippen LogP contribution < -0.4 is 10.6 Å². The first-order chi connectivity index (χ1) is 13.9. The van der Waals surface area contributed by atoms with E-state index in [1.807, 2.05) is 49.6 Å². The maximum atomic E-state index is 12.7. The fourth-order valence-electron chi connectivity index (χ4n) is 3.09. The molecule has 0 saturated carbocycles. The summed E-state index contributed by atoms with van der Waals surface area (Å²) in [5, 5.41) is 6.26. The third-order valence-electron chi connectivity index (χ3n) is 4.55. The zero-order valence-electron chi connectivity index (χ0n) is 16.8. The minimum atomic E-state index is -0.413. The van der Waals surface area contributed by atoms with Crippen molar-refractivity contribution in [3.8, 4) is 0 Å². The van der Waals surface area contributed by atoms with Crippen LogP contribution in [0.4, 0.5) is 0 Å². The molecule has 3 rings (SSSR count). The van der Waals surface area contributed by atoms with Crippen LogP contribution in [0.15, 0.2) is 48.5 Å². The molecule has 1 heterocycles. The molecule has 0 bridgehead atoms. The van der Waals surface area contributed by atoms with Gasteiger partial charge in [0.1, 0.15) is 12.4 Å². The standard InChI is InChI=1S/C22H25ClN4O2/c1-14(2)12-24-20(28)13-27-19-11-7-6-10-18(19)26-21(27)15(3)25-22(29)16-8-4-5-9-17(16)23/h4-11,14-15H,12-13H2,1-3H3,(H,24,28)(H,25,29). The SMILES string of the molecule is CC(C)CNC(=O)Cn1c(C(C)NC(=O)c2ccccc2Cl)nc2ccccc21. The predicted molar refractivity (Wildman–Crippen MR) is 115 cm³/mol. The molecule has 1 aromatic heterocycles. The summed E-state index contributed by atoms with van der Waals surface area (Å²) in [5.74, 6) is 0.608. The molecule has 1 unspecified atom stereocenters. The summed E-state index contributed by atoms with van der Waals surface area (Å²) in [6.45, 7) is 6.68. The van der Waals surface area contributed by atoms with Gasteiger partial charge >= 0.3 is 0 Å². The molecule has 6 nitrogen and oxygen atoms in total. The Labute approximate surface area is 175 Å². The van der Waals surface area contributed by atoms with Crippen LogP contribution in [0.3, 0.4) is 0 Å². The quantitative estimate of drug-likeness (QED) is 0.616. The molecule has 7 heteroatoms. The van der Waals surface area contributed by atoms with Crippen molar-refractivity contribution in [1.29, 1.82) is 0 Å². The van der Waals surface area contributed by atoms with Gasteiger partial charge in [0, 0.05) is 6.54 Å². The molecule has 3 aromatic rings. The third-order valence-corrected chi connectivity index (χ3v) is 4.88. The normalized spacial score (nSPS) is 12.2. The number of imidazole rings is 1. The Bertz CT molecular complexity index is 1030. The number of carbonyl (C=O) groups excluding carboxylic acids is 2. The predicted octanol–water partition coefficient (Wildman–Crippen LogP) is 3.95. The molecule has 0 radical (unpaired) electrons. The molecule has 29 heavy (non-hydrogen) atoms. The van der Waals surface area contributed by atoms with Gasteiger partial charge in [-0.3, -0.25) is 9.59 Å². The monoisotopic (exact) mass is 412 g/mol. The summed E-state index contributed by atoms with van der Waals surface area (Å²) >= 11 is 6.14. The van der Waals surface area contributed by atoms with Crippen LogP contribution in [0.5, 0.6) is 0 Å². The van der Waals surface area contributed by atoms with Crippen LogP contribution in [0.2, 0.25) is 5.02 Å². The Morgan fingerprint density at radius 3 is 2.48 bits per heavy atom. The molecule has 0 saturated heterocycles. The number of halogens is 1. The molecule has 2 aromatic carbocycles. The van der Waals surface area contributed by atoms with E-state index >= 15 is 0 Å². The van der Waals surface area contributed by atoms with E-state index in [0.717, 1.165) is 11.0 Å². The summed E-state index contributed by atoms with van der Waals surface area (Å²) < 4.78 is 1.85. The smallest absolute Gasteiger partial charge is 0.253 e. The average molecular weight is 413 g/mol. The van der Waals surface area contributed by atoms with Crippen LogP contribution in [-0.4, -0.2) is 27.9 Å². The summed E-state index contributed by atoms with van der Waals surface area (Å²) in [5.41, 5.74) is 2.03. The van der Waals surface area contributed by atoms with Crippen LogP contribution in [0.1, 0.15) is 43.0 Å². The number of hydrogen-bond donors (Lipinski definition) is 2. The van der Waals surface area contributed by atoms with Gasteiger partial charge in [-0.05, 0) is 37.1 Å². The van der Waals surface area contributed by atoms with Crippen molar-refractivity contribution in [2.45, 2.75) is 33.4 Å². The highest BCUT2D eigenvalue weighted by Gasteiger charge is 2.21. The Hall–Kier alpha value is -2.86. The number of fused-ring (bicyclic) bond motifs is 1. The number of aromatic nitrogens is 2. The highest BCUT2D eigenvalue weighted by molar-refractivity contribution is 6.33. The summed E-state index contributed by atoms with van der Waals surface area (Å²) in [6.07, 6.45) is 0. The Morgan fingerprint density at radius 1 is 1.07 bits per heavy atom. The number of amides is 2. The summed E-state index contributed by atoms with van der Waals surface area (Å²) in [7, 11) is 0. The van der Waals surface area contributed by atoms with E-state index in [2.05, 4.69) is 15.6 Å². The van der Waals surface area contributed by atoms with E-state index in [0.29, 0.717) is 28.9 Å². The second-order valence-corrected chi connectivity index (χ2v) is 7.82. The zero-order chi connectivity index (χ0) is 21.0.